The van der Waals surface area contributed by atoms with E-state index in [0.717, 1.165) is 35.4 Å². The smallest absolute Gasteiger partial charge is 0.268 e. The van der Waals surface area contributed by atoms with Crippen LogP contribution in [0.1, 0.15) is 60.1 Å². The number of benzene rings is 1. The molecule has 0 unspecified atom stereocenters. The number of fused-ring (bicyclic) bond motifs is 1. The van der Waals surface area contributed by atoms with E-state index in [0.29, 0.717) is 13.1 Å². The molecular formula is C24H30N2O2S. The Morgan fingerprint density at radius 2 is 2.00 bits per heavy atom. The molecule has 29 heavy (non-hydrogen) atoms. The molecule has 3 heterocycles. The number of nitrogens with zero attached hydrogens (tertiary/aromatic N) is 1. The molecule has 1 aliphatic heterocycles. The van der Waals surface area contributed by atoms with Crippen molar-refractivity contribution in [3.63, 3.8) is 0 Å². The molecule has 1 aromatic carbocycles. The van der Waals surface area contributed by atoms with E-state index in [4.69, 9.17) is 4.74 Å². The van der Waals surface area contributed by atoms with Crippen molar-refractivity contribution < 1.29 is 9.53 Å². The Kier molecular flexibility index (Phi) is 5.54. The fourth-order valence-electron chi connectivity index (χ4n) is 3.92. The maximum atomic E-state index is 13.0. The molecule has 1 saturated heterocycles. The van der Waals surface area contributed by atoms with Crippen LogP contribution < -0.4 is 5.32 Å². The summed E-state index contributed by atoms with van der Waals surface area (Å²) in [5.74, 6) is -0.0205. The minimum Gasteiger partial charge on any atom is -0.376 e. The lowest BCUT2D eigenvalue weighted by Crippen LogP contribution is -2.33. The van der Waals surface area contributed by atoms with Crippen LogP contribution in [0.3, 0.4) is 0 Å². The summed E-state index contributed by atoms with van der Waals surface area (Å²) in [7, 11) is 0. The topological polar surface area (TPSA) is 43.3 Å². The summed E-state index contributed by atoms with van der Waals surface area (Å²) < 4.78 is 8.96. The van der Waals surface area contributed by atoms with E-state index < -0.39 is 0 Å². The minimum absolute atomic E-state index is 0.0205. The average Bonchev–Trinajstić information content (AvgIpc) is 3.37. The van der Waals surface area contributed by atoms with Crippen LogP contribution in [0.5, 0.6) is 0 Å². The molecule has 1 fully saturated rings. The first-order valence-corrected chi connectivity index (χ1v) is 11.2. The normalized spacial score (nSPS) is 17.2. The maximum Gasteiger partial charge on any atom is 0.268 e. The molecule has 0 spiro atoms. The summed E-state index contributed by atoms with van der Waals surface area (Å²) in [6.07, 6.45) is 2.25. The molecule has 0 bridgehead atoms. The predicted octanol–water partition coefficient (Wildman–Crippen LogP) is 5.27. The Hall–Kier alpha value is -2.11. The van der Waals surface area contributed by atoms with E-state index in [-0.39, 0.29) is 17.4 Å². The standard InChI is InChI=1S/C24H30N2O2S/c1-16-12-20-22(29-16)13-21(23(27)25-14-19-6-5-11-28-19)26(20)15-17-7-9-18(10-8-17)24(2,3)4/h7-10,12-13,19H,5-6,11,14-15H2,1-4H3,(H,25,27)/t19-/m0/s1. The molecule has 3 aromatic rings. The van der Waals surface area contributed by atoms with Gasteiger partial charge in [0.2, 0.25) is 0 Å². The van der Waals surface area contributed by atoms with Gasteiger partial charge < -0.3 is 14.6 Å². The Morgan fingerprint density at radius 3 is 2.66 bits per heavy atom. The Morgan fingerprint density at radius 1 is 1.24 bits per heavy atom. The van der Waals surface area contributed by atoms with E-state index >= 15 is 0 Å². The fourth-order valence-corrected chi connectivity index (χ4v) is 4.88. The van der Waals surface area contributed by atoms with Crippen molar-refractivity contribution in [3.05, 3.63) is 58.1 Å². The highest BCUT2D eigenvalue weighted by Gasteiger charge is 2.21. The van der Waals surface area contributed by atoms with Crippen molar-refractivity contribution in [1.29, 1.82) is 0 Å². The Labute approximate surface area is 176 Å². The number of nitrogens with one attached hydrogen (secondary N) is 1. The lowest BCUT2D eigenvalue weighted by Gasteiger charge is -2.19. The zero-order valence-corrected chi connectivity index (χ0v) is 18.6. The minimum atomic E-state index is -0.0205. The number of carbonyl (C=O) groups is 1. The molecular weight excluding hydrogens is 380 g/mol. The fraction of sp³-hybridized carbons (Fsp3) is 0.458. The third-order valence-electron chi connectivity index (χ3n) is 5.62. The van der Waals surface area contributed by atoms with Gasteiger partial charge in [0, 0.05) is 24.6 Å². The summed E-state index contributed by atoms with van der Waals surface area (Å²) in [5.41, 5.74) is 4.52. The molecule has 0 aliphatic carbocycles. The first kappa shape index (κ1) is 20.2. The van der Waals surface area contributed by atoms with Crippen LogP contribution >= 0.6 is 11.3 Å². The van der Waals surface area contributed by atoms with Crippen LogP contribution in [0.4, 0.5) is 0 Å². The van der Waals surface area contributed by atoms with Gasteiger partial charge in [-0.25, -0.2) is 0 Å². The van der Waals surface area contributed by atoms with Crippen molar-refractivity contribution in [2.45, 2.75) is 58.6 Å². The van der Waals surface area contributed by atoms with E-state index in [9.17, 15) is 4.79 Å². The quantitative estimate of drug-likeness (QED) is 0.623. The molecule has 5 heteroatoms. The van der Waals surface area contributed by atoms with Crippen LogP contribution in [0, 0.1) is 6.92 Å². The number of amides is 1. The third-order valence-corrected chi connectivity index (χ3v) is 6.61. The van der Waals surface area contributed by atoms with Crippen molar-refractivity contribution >= 4 is 27.5 Å². The number of aromatic nitrogens is 1. The van der Waals surface area contributed by atoms with Crippen molar-refractivity contribution in [1.82, 2.24) is 9.88 Å². The van der Waals surface area contributed by atoms with E-state index in [2.05, 4.69) is 67.9 Å². The van der Waals surface area contributed by atoms with Gasteiger partial charge in [-0.15, -0.1) is 11.3 Å². The van der Waals surface area contributed by atoms with E-state index in [1.54, 1.807) is 11.3 Å². The van der Waals surface area contributed by atoms with Crippen molar-refractivity contribution in [2.75, 3.05) is 13.2 Å². The van der Waals surface area contributed by atoms with Crippen LogP contribution in [0.25, 0.3) is 10.2 Å². The number of thiophene rings is 1. The summed E-state index contributed by atoms with van der Waals surface area (Å²) in [6.45, 7) is 10.9. The highest BCUT2D eigenvalue weighted by Crippen LogP contribution is 2.30. The van der Waals surface area contributed by atoms with Gasteiger partial charge in [0.05, 0.1) is 16.3 Å². The van der Waals surface area contributed by atoms with E-state index in [1.165, 1.54) is 16.0 Å². The van der Waals surface area contributed by atoms with Gasteiger partial charge in [0.25, 0.3) is 5.91 Å². The zero-order valence-electron chi connectivity index (χ0n) is 17.7. The molecule has 154 valence electrons. The number of aryl methyl sites for hydroxylation is 1. The van der Waals surface area contributed by atoms with Crippen LogP contribution in [0.2, 0.25) is 0 Å². The van der Waals surface area contributed by atoms with Crippen LogP contribution in [-0.2, 0) is 16.7 Å². The largest absolute Gasteiger partial charge is 0.376 e. The van der Waals surface area contributed by atoms with Gasteiger partial charge in [-0.3, -0.25) is 4.79 Å². The lowest BCUT2D eigenvalue weighted by atomic mass is 9.87. The van der Waals surface area contributed by atoms with Gasteiger partial charge >= 0.3 is 0 Å². The molecule has 1 aliphatic rings. The second-order valence-corrected chi connectivity index (χ2v) is 10.3. The van der Waals surface area contributed by atoms with Crippen molar-refractivity contribution in [3.8, 4) is 0 Å². The first-order valence-electron chi connectivity index (χ1n) is 10.4. The summed E-state index contributed by atoms with van der Waals surface area (Å²) in [5, 5.41) is 3.08. The number of rotatable bonds is 5. The SMILES string of the molecule is Cc1cc2c(cc(C(=O)NC[C@@H]3CCCO3)n2Cc2ccc(C(C)(C)C)cc2)s1. The summed E-state index contributed by atoms with van der Waals surface area (Å²) >= 11 is 1.74. The van der Waals surface area contributed by atoms with Gasteiger partial charge in [0.1, 0.15) is 5.69 Å². The monoisotopic (exact) mass is 410 g/mol. The molecule has 4 rings (SSSR count). The van der Waals surface area contributed by atoms with Gasteiger partial charge in [0.15, 0.2) is 0 Å². The number of hydrogen-bond acceptors (Lipinski definition) is 3. The highest BCUT2D eigenvalue weighted by atomic mass is 32.1. The predicted molar refractivity (Wildman–Crippen MR) is 120 cm³/mol. The van der Waals surface area contributed by atoms with Gasteiger partial charge in [-0.1, -0.05) is 45.0 Å². The highest BCUT2D eigenvalue weighted by molar-refractivity contribution is 7.19. The van der Waals surface area contributed by atoms with Crippen molar-refractivity contribution in [2.24, 2.45) is 0 Å². The molecule has 4 nitrogen and oxygen atoms in total. The lowest BCUT2D eigenvalue weighted by molar-refractivity contribution is 0.0851. The number of carbonyl (C=O) groups excluding carboxylic acids is 1. The maximum absolute atomic E-state index is 13.0. The second kappa shape index (κ2) is 7.96. The van der Waals surface area contributed by atoms with Gasteiger partial charge in [-0.2, -0.15) is 0 Å². The summed E-state index contributed by atoms with van der Waals surface area (Å²) in [4.78, 5) is 14.2. The number of ether oxygens (including phenoxy) is 1. The molecule has 2 aromatic heterocycles. The molecule has 0 saturated carbocycles. The van der Waals surface area contributed by atoms with E-state index in [1.807, 2.05) is 6.07 Å². The number of hydrogen-bond donors (Lipinski definition) is 1. The molecule has 1 amide bonds. The van der Waals surface area contributed by atoms with Crippen LogP contribution in [0.15, 0.2) is 36.4 Å². The summed E-state index contributed by atoms with van der Waals surface area (Å²) in [6, 6.07) is 13.0. The second-order valence-electron chi connectivity index (χ2n) is 9.01. The Bertz CT molecular complexity index is 1000. The first-order chi connectivity index (χ1) is 13.8. The molecule has 0 radical (unpaired) electrons. The zero-order chi connectivity index (χ0) is 20.6. The van der Waals surface area contributed by atoms with Gasteiger partial charge in [-0.05, 0) is 48.4 Å². The molecule has 1 atom stereocenters. The average molecular weight is 411 g/mol. The Balaban J connectivity index is 1.59. The van der Waals surface area contributed by atoms with Crippen LogP contribution in [-0.4, -0.2) is 29.7 Å². The molecule has 1 N–H and O–H groups in total. The third kappa shape index (κ3) is 4.41.